The van der Waals surface area contributed by atoms with Crippen molar-refractivity contribution in [3.8, 4) is 0 Å². The fourth-order valence-electron chi connectivity index (χ4n) is 1.61. The minimum atomic E-state index is -0.559. The van der Waals surface area contributed by atoms with Gasteiger partial charge in [0.1, 0.15) is 11.6 Å². The van der Waals surface area contributed by atoms with Gasteiger partial charge in [-0.25, -0.2) is 9.37 Å². The van der Waals surface area contributed by atoms with Crippen LogP contribution in [0, 0.1) is 12.7 Å². The molecule has 0 saturated heterocycles. The van der Waals surface area contributed by atoms with Gasteiger partial charge in [-0.1, -0.05) is 11.6 Å². The largest absolute Gasteiger partial charge is 0.384 e. The Morgan fingerprint density at radius 1 is 1.37 bits per heavy atom. The number of carbonyl (C=O) groups is 1. The molecule has 0 fully saturated rings. The lowest BCUT2D eigenvalue weighted by atomic mass is 10.2. The van der Waals surface area contributed by atoms with Gasteiger partial charge in [0.15, 0.2) is 0 Å². The van der Waals surface area contributed by atoms with Crippen LogP contribution in [0.3, 0.4) is 0 Å². The molecule has 19 heavy (non-hydrogen) atoms. The summed E-state index contributed by atoms with van der Waals surface area (Å²) >= 11 is 5.75. The number of benzene rings is 1. The van der Waals surface area contributed by atoms with Crippen molar-refractivity contribution in [1.82, 2.24) is 4.98 Å². The van der Waals surface area contributed by atoms with Crippen LogP contribution in [0.4, 0.5) is 15.9 Å². The Morgan fingerprint density at radius 2 is 2.11 bits per heavy atom. The van der Waals surface area contributed by atoms with Crippen molar-refractivity contribution < 1.29 is 9.18 Å². The van der Waals surface area contributed by atoms with Gasteiger partial charge in [0.25, 0.3) is 5.91 Å². The molecule has 6 heteroatoms. The van der Waals surface area contributed by atoms with E-state index in [1.807, 2.05) is 0 Å². The maximum atomic E-state index is 13.5. The third-order valence-corrected chi connectivity index (χ3v) is 2.65. The molecule has 4 nitrogen and oxygen atoms in total. The summed E-state index contributed by atoms with van der Waals surface area (Å²) in [7, 11) is 0. The first-order chi connectivity index (χ1) is 8.95. The summed E-state index contributed by atoms with van der Waals surface area (Å²) in [6, 6.07) is 6.91. The maximum Gasteiger partial charge on any atom is 0.255 e. The second kappa shape index (κ2) is 5.24. The van der Waals surface area contributed by atoms with Crippen LogP contribution in [-0.4, -0.2) is 10.9 Å². The van der Waals surface area contributed by atoms with Crippen LogP contribution in [0.1, 0.15) is 16.1 Å². The summed E-state index contributed by atoms with van der Waals surface area (Å²) < 4.78 is 13.5. The average molecular weight is 280 g/mol. The first-order valence-electron chi connectivity index (χ1n) is 5.46. The molecule has 1 amide bonds. The number of hydrogen-bond donors (Lipinski definition) is 2. The summed E-state index contributed by atoms with van der Waals surface area (Å²) in [6.45, 7) is 1.72. The SMILES string of the molecule is Cc1cc(C(=O)Nc2cc(Cl)ccc2F)cc(N)n1. The Balaban J connectivity index is 2.28. The lowest BCUT2D eigenvalue weighted by Gasteiger charge is -2.08. The van der Waals surface area contributed by atoms with E-state index in [4.69, 9.17) is 17.3 Å². The molecule has 0 atom stereocenters. The van der Waals surface area contributed by atoms with E-state index in [9.17, 15) is 9.18 Å². The third kappa shape index (κ3) is 3.20. The lowest BCUT2D eigenvalue weighted by Crippen LogP contribution is -2.14. The van der Waals surface area contributed by atoms with E-state index in [0.717, 1.165) is 0 Å². The second-order valence-electron chi connectivity index (χ2n) is 4.00. The Kier molecular flexibility index (Phi) is 3.66. The van der Waals surface area contributed by atoms with Crippen LogP contribution in [-0.2, 0) is 0 Å². The van der Waals surface area contributed by atoms with Crippen LogP contribution in [0.5, 0.6) is 0 Å². The molecule has 0 aliphatic rings. The molecular weight excluding hydrogens is 269 g/mol. The number of rotatable bonds is 2. The zero-order chi connectivity index (χ0) is 14.0. The average Bonchev–Trinajstić information content (AvgIpc) is 2.32. The van der Waals surface area contributed by atoms with E-state index in [0.29, 0.717) is 16.3 Å². The van der Waals surface area contributed by atoms with Crippen molar-refractivity contribution in [2.75, 3.05) is 11.1 Å². The van der Waals surface area contributed by atoms with Crippen molar-refractivity contribution in [3.63, 3.8) is 0 Å². The van der Waals surface area contributed by atoms with Gasteiger partial charge in [-0.3, -0.25) is 4.79 Å². The molecule has 2 aromatic rings. The zero-order valence-electron chi connectivity index (χ0n) is 10.1. The number of nitrogens with two attached hydrogens (primary N) is 1. The minimum absolute atomic E-state index is 0.0190. The summed E-state index contributed by atoms with van der Waals surface area (Å²) in [6.07, 6.45) is 0. The maximum absolute atomic E-state index is 13.5. The van der Waals surface area contributed by atoms with Crippen LogP contribution in [0.2, 0.25) is 5.02 Å². The lowest BCUT2D eigenvalue weighted by molar-refractivity contribution is 0.102. The quantitative estimate of drug-likeness (QED) is 0.888. The van der Waals surface area contributed by atoms with Gasteiger partial charge in [0, 0.05) is 16.3 Å². The normalized spacial score (nSPS) is 10.3. The molecule has 0 saturated carbocycles. The molecule has 98 valence electrons. The number of aromatic nitrogens is 1. The van der Waals surface area contributed by atoms with E-state index >= 15 is 0 Å². The molecule has 3 N–H and O–H groups in total. The van der Waals surface area contributed by atoms with Crippen LogP contribution < -0.4 is 11.1 Å². The number of amides is 1. The van der Waals surface area contributed by atoms with Crippen molar-refractivity contribution in [3.05, 3.63) is 52.4 Å². The van der Waals surface area contributed by atoms with E-state index in [-0.39, 0.29) is 11.5 Å². The molecule has 0 spiro atoms. The Bertz CT molecular complexity index is 626. The zero-order valence-corrected chi connectivity index (χ0v) is 10.8. The molecular formula is C13H11ClFN3O. The van der Waals surface area contributed by atoms with Gasteiger partial charge >= 0.3 is 0 Å². The predicted molar refractivity (Wildman–Crippen MR) is 72.7 cm³/mol. The van der Waals surface area contributed by atoms with E-state index in [2.05, 4.69) is 10.3 Å². The highest BCUT2D eigenvalue weighted by Crippen LogP contribution is 2.20. The number of anilines is 2. The Labute approximate surface area is 114 Å². The number of aryl methyl sites for hydroxylation is 1. The first-order valence-corrected chi connectivity index (χ1v) is 5.84. The van der Waals surface area contributed by atoms with Gasteiger partial charge < -0.3 is 11.1 Å². The molecule has 0 radical (unpaired) electrons. The fraction of sp³-hybridized carbons (Fsp3) is 0.0769. The highest BCUT2D eigenvalue weighted by molar-refractivity contribution is 6.31. The predicted octanol–water partition coefficient (Wildman–Crippen LogP) is 3.02. The van der Waals surface area contributed by atoms with Gasteiger partial charge in [0.2, 0.25) is 0 Å². The number of carbonyl (C=O) groups excluding carboxylic acids is 1. The second-order valence-corrected chi connectivity index (χ2v) is 4.44. The highest BCUT2D eigenvalue weighted by Gasteiger charge is 2.11. The summed E-state index contributed by atoms with van der Waals surface area (Å²) in [5.74, 6) is -0.799. The fourth-order valence-corrected chi connectivity index (χ4v) is 1.79. The standard InChI is InChI=1S/C13H11ClFN3O/c1-7-4-8(5-12(16)17-7)13(19)18-11-6-9(14)2-3-10(11)15/h2-6H,1H3,(H2,16,17)(H,18,19). The van der Waals surface area contributed by atoms with Crippen molar-refractivity contribution >= 4 is 29.0 Å². The minimum Gasteiger partial charge on any atom is -0.384 e. The molecule has 0 aliphatic carbocycles. The van der Waals surface area contributed by atoms with E-state index in [1.165, 1.54) is 24.3 Å². The molecule has 0 aliphatic heterocycles. The molecule has 1 aromatic carbocycles. The number of nitrogens with one attached hydrogen (secondary N) is 1. The van der Waals surface area contributed by atoms with E-state index < -0.39 is 11.7 Å². The number of nitrogens with zero attached hydrogens (tertiary/aromatic N) is 1. The summed E-state index contributed by atoms with van der Waals surface area (Å²) in [4.78, 5) is 15.9. The highest BCUT2D eigenvalue weighted by atomic mass is 35.5. The van der Waals surface area contributed by atoms with Gasteiger partial charge in [-0.05, 0) is 37.3 Å². The first kappa shape index (κ1) is 13.3. The van der Waals surface area contributed by atoms with E-state index in [1.54, 1.807) is 13.0 Å². The van der Waals surface area contributed by atoms with Gasteiger partial charge in [0.05, 0.1) is 5.69 Å². The smallest absolute Gasteiger partial charge is 0.255 e. The molecule has 1 aromatic heterocycles. The van der Waals surface area contributed by atoms with Crippen LogP contribution in [0.15, 0.2) is 30.3 Å². The van der Waals surface area contributed by atoms with Crippen molar-refractivity contribution in [2.45, 2.75) is 6.92 Å². The summed E-state index contributed by atoms with van der Waals surface area (Å²) in [5.41, 5.74) is 6.50. The number of hydrogen-bond acceptors (Lipinski definition) is 3. The van der Waals surface area contributed by atoms with Crippen LogP contribution in [0.25, 0.3) is 0 Å². The van der Waals surface area contributed by atoms with Crippen LogP contribution >= 0.6 is 11.6 Å². The van der Waals surface area contributed by atoms with Crippen molar-refractivity contribution in [1.29, 1.82) is 0 Å². The molecule has 0 unspecified atom stereocenters. The number of nitrogen functional groups attached to an aromatic ring is 1. The Morgan fingerprint density at radius 3 is 2.79 bits per heavy atom. The number of pyridine rings is 1. The molecule has 1 heterocycles. The number of halogens is 2. The van der Waals surface area contributed by atoms with Crippen molar-refractivity contribution in [2.24, 2.45) is 0 Å². The van der Waals surface area contributed by atoms with Gasteiger partial charge in [-0.15, -0.1) is 0 Å². The molecule has 2 rings (SSSR count). The Hall–Kier alpha value is -2.14. The molecule has 0 bridgehead atoms. The topological polar surface area (TPSA) is 68.0 Å². The third-order valence-electron chi connectivity index (χ3n) is 2.41. The summed E-state index contributed by atoms with van der Waals surface area (Å²) in [5, 5.41) is 2.78. The monoisotopic (exact) mass is 279 g/mol. The van der Waals surface area contributed by atoms with Gasteiger partial charge in [-0.2, -0.15) is 0 Å².